The van der Waals surface area contributed by atoms with Gasteiger partial charge in [0.15, 0.2) is 0 Å². The van der Waals surface area contributed by atoms with E-state index in [2.05, 4.69) is 38.1 Å². The molecule has 2 rings (SSSR count). The maximum Gasteiger partial charge on any atom is 0.343 e. The van der Waals surface area contributed by atoms with Gasteiger partial charge in [0, 0.05) is 26.2 Å². The minimum atomic E-state index is -0.506. The first-order valence-corrected chi connectivity index (χ1v) is 8.18. The first-order valence-electron chi connectivity index (χ1n) is 7.11. The zero-order valence-electron chi connectivity index (χ0n) is 13.2. The van der Waals surface area contributed by atoms with Gasteiger partial charge in [0.25, 0.3) is 0 Å². The third-order valence-electron chi connectivity index (χ3n) is 3.15. The van der Waals surface area contributed by atoms with Gasteiger partial charge in [-0.1, -0.05) is 0 Å². The van der Waals surface area contributed by atoms with E-state index in [1.807, 2.05) is 13.1 Å². The molecule has 0 aromatic carbocycles. The van der Waals surface area contributed by atoms with Crippen LogP contribution in [-0.2, 0) is 23.1 Å². The summed E-state index contributed by atoms with van der Waals surface area (Å²) in [5, 5.41) is 11.0. The van der Waals surface area contributed by atoms with Crippen molar-refractivity contribution >= 4 is 40.3 Å². The van der Waals surface area contributed by atoms with Crippen molar-refractivity contribution in [3.63, 3.8) is 0 Å². The minimum absolute atomic E-state index is 0.220. The molecule has 8 nitrogen and oxygen atoms in total. The molecule has 0 aliphatic heterocycles. The van der Waals surface area contributed by atoms with E-state index in [0.29, 0.717) is 12.4 Å². The number of aryl methyl sites for hydroxylation is 3. The summed E-state index contributed by atoms with van der Waals surface area (Å²) in [6.07, 6.45) is 3.51. The maximum absolute atomic E-state index is 12.1. The van der Waals surface area contributed by atoms with E-state index in [1.165, 1.54) is 10.9 Å². The monoisotopic (exact) mass is 431 g/mol. The number of carbonyl (C=O) groups excluding carboxylic acids is 2. The molecule has 2 aromatic heterocycles. The second-order valence-electron chi connectivity index (χ2n) is 4.87. The number of anilines is 1. The number of aromatic nitrogens is 4. The van der Waals surface area contributed by atoms with Crippen LogP contribution in [0.3, 0.4) is 0 Å². The number of halogens is 1. The zero-order valence-corrected chi connectivity index (χ0v) is 15.3. The second-order valence-corrected chi connectivity index (χ2v) is 6.04. The van der Waals surface area contributed by atoms with Crippen molar-refractivity contribution in [2.24, 2.45) is 7.05 Å². The Morgan fingerprint density at radius 1 is 1.43 bits per heavy atom. The average Bonchev–Trinajstić information content (AvgIpc) is 3.01. The normalized spacial score (nSPS) is 10.6. The SMILES string of the molecule is CCOC(=O)c1cnn(C)c1NC(=O)CCn1cc(I)c(C)n1. The molecule has 0 spiro atoms. The Hall–Kier alpha value is -1.91. The Morgan fingerprint density at radius 3 is 2.78 bits per heavy atom. The Balaban J connectivity index is 2.00. The number of nitrogens with zero attached hydrogens (tertiary/aromatic N) is 4. The van der Waals surface area contributed by atoms with E-state index in [4.69, 9.17) is 4.74 Å². The van der Waals surface area contributed by atoms with Gasteiger partial charge in [0.1, 0.15) is 11.4 Å². The van der Waals surface area contributed by atoms with Crippen LogP contribution in [0.1, 0.15) is 29.4 Å². The number of hydrogen-bond donors (Lipinski definition) is 1. The van der Waals surface area contributed by atoms with E-state index >= 15 is 0 Å². The summed E-state index contributed by atoms with van der Waals surface area (Å²) in [6.45, 7) is 4.36. The fourth-order valence-electron chi connectivity index (χ4n) is 1.96. The van der Waals surface area contributed by atoms with E-state index in [0.717, 1.165) is 9.26 Å². The van der Waals surface area contributed by atoms with Crippen LogP contribution in [0.5, 0.6) is 0 Å². The lowest BCUT2D eigenvalue weighted by molar-refractivity contribution is -0.116. The fraction of sp³-hybridized carbons (Fsp3) is 0.429. The number of ether oxygens (including phenoxy) is 1. The summed E-state index contributed by atoms with van der Waals surface area (Å²) in [5.41, 5.74) is 1.18. The van der Waals surface area contributed by atoms with Gasteiger partial charge in [0.05, 0.1) is 22.1 Å². The number of carbonyl (C=O) groups is 2. The molecule has 0 radical (unpaired) electrons. The molecule has 0 saturated heterocycles. The number of amides is 1. The highest BCUT2D eigenvalue weighted by atomic mass is 127. The van der Waals surface area contributed by atoms with Gasteiger partial charge in [-0.2, -0.15) is 10.2 Å². The third kappa shape index (κ3) is 4.30. The van der Waals surface area contributed by atoms with Gasteiger partial charge in [-0.05, 0) is 36.4 Å². The summed E-state index contributed by atoms with van der Waals surface area (Å²) in [5.74, 6) is -0.393. The van der Waals surface area contributed by atoms with E-state index in [-0.39, 0.29) is 24.5 Å². The summed E-state index contributed by atoms with van der Waals surface area (Å²) >= 11 is 2.20. The van der Waals surface area contributed by atoms with E-state index in [9.17, 15) is 9.59 Å². The van der Waals surface area contributed by atoms with Gasteiger partial charge in [0.2, 0.25) is 5.91 Å². The first kappa shape index (κ1) is 17.4. The number of hydrogen-bond acceptors (Lipinski definition) is 5. The van der Waals surface area contributed by atoms with Crippen LogP contribution in [0, 0.1) is 10.5 Å². The van der Waals surface area contributed by atoms with Crippen LogP contribution in [-0.4, -0.2) is 38.0 Å². The Labute approximate surface area is 147 Å². The van der Waals surface area contributed by atoms with Crippen LogP contribution in [0.2, 0.25) is 0 Å². The predicted octanol–water partition coefficient (Wildman–Crippen LogP) is 1.74. The molecule has 0 bridgehead atoms. The standard InChI is InChI=1S/C14H18IN5O3/c1-4-23-14(22)10-7-16-19(3)13(10)17-12(21)5-6-20-8-11(15)9(2)18-20/h7-8H,4-6H2,1-3H3,(H,17,21). The van der Waals surface area contributed by atoms with Crippen molar-refractivity contribution in [1.29, 1.82) is 0 Å². The summed E-state index contributed by atoms with van der Waals surface area (Å²) < 4.78 is 9.17. The van der Waals surface area contributed by atoms with E-state index < -0.39 is 5.97 Å². The summed E-state index contributed by atoms with van der Waals surface area (Å²) in [4.78, 5) is 24.0. The van der Waals surface area contributed by atoms with Crippen molar-refractivity contribution in [3.8, 4) is 0 Å². The molecule has 0 saturated carbocycles. The molecule has 0 aliphatic carbocycles. The quantitative estimate of drug-likeness (QED) is 0.556. The Morgan fingerprint density at radius 2 is 2.17 bits per heavy atom. The lowest BCUT2D eigenvalue weighted by Crippen LogP contribution is -2.19. The highest BCUT2D eigenvalue weighted by molar-refractivity contribution is 14.1. The third-order valence-corrected chi connectivity index (χ3v) is 4.21. The Kier molecular flexibility index (Phi) is 5.74. The van der Waals surface area contributed by atoms with Crippen LogP contribution in [0.25, 0.3) is 0 Å². The van der Waals surface area contributed by atoms with Crippen LogP contribution in [0.4, 0.5) is 5.82 Å². The van der Waals surface area contributed by atoms with Gasteiger partial charge >= 0.3 is 5.97 Å². The molecule has 0 atom stereocenters. The van der Waals surface area contributed by atoms with Crippen molar-refractivity contribution in [1.82, 2.24) is 19.6 Å². The van der Waals surface area contributed by atoms with Crippen molar-refractivity contribution in [2.75, 3.05) is 11.9 Å². The number of esters is 1. The van der Waals surface area contributed by atoms with Gasteiger partial charge in [-0.15, -0.1) is 0 Å². The molecule has 0 aliphatic rings. The van der Waals surface area contributed by atoms with Crippen LogP contribution >= 0.6 is 22.6 Å². The molecule has 1 amide bonds. The topological polar surface area (TPSA) is 91.0 Å². The van der Waals surface area contributed by atoms with Crippen LogP contribution < -0.4 is 5.32 Å². The average molecular weight is 431 g/mol. The second kappa shape index (κ2) is 7.57. The number of rotatable bonds is 6. The van der Waals surface area contributed by atoms with Gasteiger partial charge in [-0.25, -0.2) is 4.79 Å². The highest BCUT2D eigenvalue weighted by Crippen LogP contribution is 2.16. The summed E-state index contributed by atoms with van der Waals surface area (Å²) in [7, 11) is 1.65. The fourth-order valence-corrected chi connectivity index (χ4v) is 2.39. The molecule has 0 unspecified atom stereocenters. The maximum atomic E-state index is 12.1. The van der Waals surface area contributed by atoms with Crippen molar-refractivity contribution in [2.45, 2.75) is 26.8 Å². The number of nitrogens with one attached hydrogen (secondary N) is 1. The zero-order chi connectivity index (χ0) is 17.0. The lowest BCUT2D eigenvalue weighted by atomic mass is 10.3. The lowest BCUT2D eigenvalue weighted by Gasteiger charge is -2.08. The molecular formula is C14H18IN5O3. The molecule has 0 fully saturated rings. The highest BCUT2D eigenvalue weighted by Gasteiger charge is 2.19. The van der Waals surface area contributed by atoms with Crippen molar-refractivity contribution in [3.05, 3.63) is 27.2 Å². The minimum Gasteiger partial charge on any atom is -0.462 e. The molecule has 1 N–H and O–H groups in total. The molecular weight excluding hydrogens is 413 g/mol. The van der Waals surface area contributed by atoms with Crippen molar-refractivity contribution < 1.29 is 14.3 Å². The van der Waals surface area contributed by atoms with Gasteiger partial charge in [-0.3, -0.25) is 14.2 Å². The smallest absolute Gasteiger partial charge is 0.343 e. The first-order chi connectivity index (χ1) is 10.9. The molecule has 2 heterocycles. The van der Waals surface area contributed by atoms with E-state index in [1.54, 1.807) is 18.7 Å². The molecule has 2 aromatic rings. The molecule has 124 valence electrons. The molecule has 23 heavy (non-hydrogen) atoms. The predicted molar refractivity (Wildman–Crippen MR) is 92.1 cm³/mol. The van der Waals surface area contributed by atoms with Gasteiger partial charge < -0.3 is 10.1 Å². The summed E-state index contributed by atoms with van der Waals surface area (Å²) in [6, 6.07) is 0. The largest absolute Gasteiger partial charge is 0.462 e. The Bertz CT molecular complexity index is 703. The molecule has 9 heteroatoms. The van der Waals surface area contributed by atoms with Crippen LogP contribution in [0.15, 0.2) is 12.4 Å².